The van der Waals surface area contributed by atoms with Crippen molar-refractivity contribution in [3.8, 4) is 17.1 Å². The average Bonchev–Trinajstić information content (AvgIpc) is 3.16. The molecule has 0 aliphatic carbocycles. The highest BCUT2D eigenvalue weighted by atomic mass is 35.5. The van der Waals surface area contributed by atoms with E-state index >= 15 is 0 Å². The first-order valence-electron chi connectivity index (χ1n) is 9.15. The summed E-state index contributed by atoms with van der Waals surface area (Å²) in [7, 11) is 0. The molecular formula is C22H17ClN2O4S. The van der Waals surface area contributed by atoms with Crippen LogP contribution in [-0.4, -0.2) is 27.2 Å². The molecule has 2 aromatic carbocycles. The van der Waals surface area contributed by atoms with Crippen LogP contribution in [0.25, 0.3) is 21.6 Å². The van der Waals surface area contributed by atoms with Crippen molar-refractivity contribution in [2.45, 2.75) is 13.5 Å². The summed E-state index contributed by atoms with van der Waals surface area (Å²) in [4.78, 5) is 29.8. The zero-order valence-corrected chi connectivity index (χ0v) is 17.5. The molecule has 0 amide bonds. The molecule has 4 aromatic rings. The quantitative estimate of drug-likeness (QED) is 0.463. The molecule has 152 valence electrons. The van der Waals surface area contributed by atoms with Gasteiger partial charge in [0.25, 0.3) is 5.56 Å². The average molecular weight is 441 g/mol. The van der Waals surface area contributed by atoms with Gasteiger partial charge in [-0.2, -0.15) is 0 Å². The number of hydrogen-bond donors (Lipinski definition) is 1. The lowest BCUT2D eigenvalue weighted by Crippen LogP contribution is -2.26. The Morgan fingerprint density at radius 3 is 2.53 bits per heavy atom. The fourth-order valence-electron chi connectivity index (χ4n) is 3.10. The third-order valence-corrected chi connectivity index (χ3v) is 5.76. The van der Waals surface area contributed by atoms with E-state index in [0.29, 0.717) is 21.4 Å². The number of carboxylic acid groups (broad SMARTS) is 1. The molecule has 1 N–H and O–H groups in total. The van der Waals surface area contributed by atoms with Crippen LogP contribution in [0.4, 0.5) is 0 Å². The van der Waals surface area contributed by atoms with Crippen LogP contribution in [0, 0.1) is 6.92 Å². The van der Waals surface area contributed by atoms with Crippen molar-refractivity contribution in [3.05, 3.63) is 80.4 Å². The van der Waals surface area contributed by atoms with E-state index in [9.17, 15) is 14.7 Å². The van der Waals surface area contributed by atoms with Gasteiger partial charge in [0.05, 0.1) is 17.5 Å². The van der Waals surface area contributed by atoms with Crippen molar-refractivity contribution < 1.29 is 14.6 Å². The monoisotopic (exact) mass is 440 g/mol. The predicted octanol–water partition coefficient (Wildman–Crippen LogP) is 4.86. The molecule has 0 spiro atoms. The summed E-state index contributed by atoms with van der Waals surface area (Å²) in [6, 6.07) is 14.6. The number of aromatic nitrogens is 2. The fourth-order valence-corrected chi connectivity index (χ4v) is 4.13. The van der Waals surface area contributed by atoms with Crippen LogP contribution in [0.3, 0.4) is 0 Å². The molecule has 0 radical (unpaired) electrons. The second kappa shape index (κ2) is 8.30. The van der Waals surface area contributed by atoms with Gasteiger partial charge in [-0.25, -0.2) is 9.78 Å². The number of aromatic carboxylic acids is 1. The third kappa shape index (κ3) is 3.94. The molecule has 0 aliphatic heterocycles. The maximum Gasteiger partial charge on any atom is 0.337 e. The summed E-state index contributed by atoms with van der Waals surface area (Å²) in [5, 5.41) is 11.6. The van der Waals surface area contributed by atoms with Gasteiger partial charge in [0.2, 0.25) is 0 Å². The van der Waals surface area contributed by atoms with Gasteiger partial charge in [0.15, 0.2) is 0 Å². The number of carboxylic acids is 1. The van der Waals surface area contributed by atoms with E-state index in [4.69, 9.17) is 16.3 Å². The van der Waals surface area contributed by atoms with Gasteiger partial charge in [-0.05, 0) is 31.2 Å². The van der Waals surface area contributed by atoms with Crippen LogP contribution in [0.2, 0.25) is 5.02 Å². The van der Waals surface area contributed by atoms with E-state index in [0.717, 1.165) is 22.5 Å². The number of nitrogens with zero attached hydrogens (tertiary/aromatic N) is 2. The van der Waals surface area contributed by atoms with Gasteiger partial charge >= 0.3 is 5.97 Å². The second-order valence-corrected chi connectivity index (χ2v) is 7.99. The highest BCUT2D eigenvalue weighted by molar-refractivity contribution is 7.17. The van der Waals surface area contributed by atoms with Crippen molar-refractivity contribution in [1.29, 1.82) is 0 Å². The maximum atomic E-state index is 13.3. The van der Waals surface area contributed by atoms with Gasteiger partial charge in [-0.3, -0.25) is 9.36 Å². The molecule has 6 nitrogen and oxygen atoms in total. The summed E-state index contributed by atoms with van der Waals surface area (Å²) in [6.07, 6.45) is 0. The molecule has 0 bridgehead atoms. The number of ether oxygens (including phenoxy) is 1. The molecule has 2 aromatic heterocycles. The smallest absolute Gasteiger partial charge is 0.337 e. The minimum Gasteiger partial charge on any atom is -0.492 e. The minimum atomic E-state index is -1.15. The number of halogens is 1. The Hall–Kier alpha value is -3.16. The number of rotatable bonds is 6. The Morgan fingerprint density at radius 1 is 1.17 bits per heavy atom. The Balaban J connectivity index is 1.76. The SMILES string of the molecule is Cc1ccc(-c2nc3scc(C(=O)O)c3c(=O)n2CCOc2ccc(Cl)cc2)cc1. The van der Waals surface area contributed by atoms with Crippen LogP contribution in [0.1, 0.15) is 15.9 Å². The normalized spacial score (nSPS) is 11.0. The first kappa shape index (κ1) is 20.1. The first-order chi connectivity index (χ1) is 14.4. The zero-order valence-electron chi connectivity index (χ0n) is 16.0. The third-order valence-electron chi connectivity index (χ3n) is 4.63. The van der Waals surface area contributed by atoms with E-state index in [2.05, 4.69) is 4.98 Å². The molecule has 30 heavy (non-hydrogen) atoms. The number of fused-ring (bicyclic) bond motifs is 1. The lowest BCUT2D eigenvalue weighted by atomic mass is 10.1. The molecule has 8 heteroatoms. The van der Waals surface area contributed by atoms with Crippen LogP contribution in [-0.2, 0) is 6.54 Å². The number of carbonyl (C=O) groups is 1. The summed E-state index contributed by atoms with van der Waals surface area (Å²) in [5.41, 5.74) is 1.43. The number of thiophene rings is 1. The van der Waals surface area contributed by atoms with Crippen LogP contribution < -0.4 is 10.3 Å². The topological polar surface area (TPSA) is 81.4 Å². The molecule has 0 saturated carbocycles. The molecule has 0 fully saturated rings. The largest absolute Gasteiger partial charge is 0.492 e. The zero-order chi connectivity index (χ0) is 21.3. The molecule has 2 heterocycles. The summed E-state index contributed by atoms with van der Waals surface area (Å²) >= 11 is 7.04. The molecule has 4 rings (SSSR count). The molecule has 0 aliphatic rings. The molecule has 0 atom stereocenters. The number of aryl methyl sites for hydroxylation is 1. The van der Waals surface area contributed by atoms with Crippen molar-refractivity contribution in [3.63, 3.8) is 0 Å². The van der Waals surface area contributed by atoms with Gasteiger partial charge in [-0.15, -0.1) is 11.3 Å². The predicted molar refractivity (Wildman–Crippen MR) is 118 cm³/mol. The van der Waals surface area contributed by atoms with E-state index in [-0.39, 0.29) is 24.1 Å². The highest BCUT2D eigenvalue weighted by Gasteiger charge is 2.20. The fraction of sp³-hybridized carbons (Fsp3) is 0.136. The van der Waals surface area contributed by atoms with Crippen LogP contribution in [0.5, 0.6) is 5.75 Å². The highest BCUT2D eigenvalue weighted by Crippen LogP contribution is 2.26. The van der Waals surface area contributed by atoms with E-state index in [1.807, 2.05) is 31.2 Å². The van der Waals surface area contributed by atoms with Crippen molar-refractivity contribution >= 4 is 39.1 Å². The lowest BCUT2D eigenvalue weighted by Gasteiger charge is -2.14. The molecule has 0 saturated heterocycles. The molecule has 0 unspecified atom stereocenters. The van der Waals surface area contributed by atoms with E-state index in [1.165, 1.54) is 9.95 Å². The van der Waals surface area contributed by atoms with Crippen LogP contribution >= 0.6 is 22.9 Å². The minimum absolute atomic E-state index is 0.0321. The van der Waals surface area contributed by atoms with Gasteiger partial charge in [-0.1, -0.05) is 41.4 Å². The Bertz CT molecular complexity index is 1280. The lowest BCUT2D eigenvalue weighted by molar-refractivity contribution is 0.0699. The van der Waals surface area contributed by atoms with E-state index < -0.39 is 11.5 Å². The molecular weight excluding hydrogens is 424 g/mol. The number of benzene rings is 2. The number of hydrogen-bond acceptors (Lipinski definition) is 5. The van der Waals surface area contributed by atoms with E-state index in [1.54, 1.807) is 24.3 Å². The first-order valence-corrected chi connectivity index (χ1v) is 10.4. The Kier molecular flexibility index (Phi) is 5.57. The van der Waals surface area contributed by atoms with Gasteiger partial charge in [0, 0.05) is 16.0 Å². The summed E-state index contributed by atoms with van der Waals surface area (Å²) < 4.78 is 7.22. The Labute approximate surface area is 181 Å². The van der Waals surface area contributed by atoms with Crippen molar-refractivity contribution in [1.82, 2.24) is 9.55 Å². The standard InChI is InChI=1S/C22H17ClN2O4S/c1-13-2-4-14(5-3-13)19-24-20-18(17(12-30-20)22(27)28)21(26)25(19)10-11-29-16-8-6-15(23)7-9-16/h2-9,12H,10-11H2,1H3,(H,27,28). The van der Waals surface area contributed by atoms with Crippen molar-refractivity contribution in [2.75, 3.05) is 6.61 Å². The second-order valence-electron chi connectivity index (χ2n) is 6.70. The van der Waals surface area contributed by atoms with Gasteiger partial charge < -0.3 is 9.84 Å². The van der Waals surface area contributed by atoms with Crippen LogP contribution in [0.15, 0.2) is 58.7 Å². The Morgan fingerprint density at radius 2 is 1.87 bits per heavy atom. The maximum absolute atomic E-state index is 13.3. The van der Waals surface area contributed by atoms with Gasteiger partial charge in [0.1, 0.15) is 23.0 Å². The summed E-state index contributed by atoms with van der Waals surface area (Å²) in [6.45, 7) is 2.40. The van der Waals surface area contributed by atoms with Crippen molar-refractivity contribution in [2.24, 2.45) is 0 Å². The summed E-state index contributed by atoms with van der Waals surface area (Å²) in [5.74, 6) is -0.0432.